The van der Waals surface area contributed by atoms with E-state index in [9.17, 15) is 22.8 Å². The molecule has 0 aliphatic rings. The van der Waals surface area contributed by atoms with E-state index in [1.807, 2.05) is 0 Å². The molecule has 2 aromatic carbocycles. The summed E-state index contributed by atoms with van der Waals surface area (Å²) in [6, 6.07) is 10.8. The number of halogens is 3. The van der Waals surface area contributed by atoms with E-state index in [0.717, 1.165) is 25.2 Å². The standard InChI is InChI=1S/C23H22F3N3O3S/c1-22(2,26)19(30)29-23(3,4)20(31)28-21-27-17(13-5-7-14(24)8-6-13)18(33-21)32-16-11-9-15(25)10-12-16/h5-12H,1-4H3,(H,29,30)(H,27,28,31). The van der Waals surface area contributed by atoms with E-state index in [0.29, 0.717) is 17.0 Å². The summed E-state index contributed by atoms with van der Waals surface area (Å²) < 4.78 is 46.3. The molecule has 1 heterocycles. The van der Waals surface area contributed by atoms with Crippen molar-refractivity contribution in [2.45, 2.75) is 38.9 Å². The predicted octanol–water partition coefficient (Wildman–Crippen LogP) is 5.46. The van der Waals surface area contributed by atoms with Gasteiger partial charge in [0.15, 0.2) is 10.8 Å². The average molecular weight is 478 g/mol. The molecule has 0 radical (unpaired) electrons. The summed E-state index contributed by atoms with van der Waals surface area (Å²) >= 11 is 0.987. The number of nitrogens with zero attached hydrogens (tertiary/aromatic N) is 1. The normalized spacial score (nSPS) is 11.7. The predicted molar refractivity (Wildman–Crippen MR) is 120 cm³/mol. The maximum Gasteiger partial charge on any atom is 0.257 e. The average Bonchev–Trinajstić information content (AvgIpc) is 3.11. The topological polar surface area (TPSA) is 80.3 Å². The monoisotopic (exact) mass is 477 g/mol. The molecule has 0 atom stereocenters. The van der Waals surface area contributed by atoms with Gasteiger partial charge >= 0.3 is 0 Å². The van der Waals surface area contributed by atoms with E-state index >= 15 is 0 Å². The smallest absolute Gasteiger partial charge is 0.257 e. The molecule has 0 fully saturated rings. The van der Waals surface area contributed by atoms with Crippen LogP contribution in [-0.2, 0) is 9.59 Å². The zero-order chi connectivity index (χ0) is 24.4. The number of alkyl halides is 1. The van der Waals surface area contributed by atoms with Gasteiger partial charge in [-0.3, -0.25) is 14.9 Å². The zero-order valence-corrected chi connectivity index (χ0v) is 19.1. The van der Waals surface area contributed by atoms with E-state index in [-0.39, 0.29) is 10.2 Å². The maximum atomic E-state index is 13.9. The summed E-state index contributed by atoms with van der Waals surface area (Å²) in [6.07, 6.45) is 0. The quantitative estimate of drug-likeness (QED) is 0.474. The lowest BCUT2D eigenvalue weighted by Crippen LogP contribution is -2.56. The van der Waals surface area contributed by atoms with Gasteiger partial charge in [-0.2, -0.15) is 0 Å². The Morgan fingerprint density at radius 1 is 0.909 bits per heavy atom. The Morgan fingerprint density at radius 3 is 2.00 bits per heavy atom. The third kappa shape index (κ3) is 6.10. The van der Waals surface area contributed by atoms with Crippen LogP contribution in [0.1, 0.15) is 27.7 Å². The molecule has 0 bridgehead atoms. The first-order valence-corrected chi connectivity index (χ1v) is 10.7. The van der Waals surface area contributed by atoms with E-state index in [1.165, 1.54) is 62.4 Å². The molecule has 10 heteroatoms. The third-order valence-electron chi connectivity index (χ3n) is 4.49. The van der Waals surface area contributed by atoms with Crippen LogP contribution in [-0.4, -0.2) is 28.0 Å². The van der Waals surface area contributed by atoms with E-state index < -0.39 is 34.7 Å². The van der Waals surface area contributed by atoms with Crippen LogP contribution in [0.15, 0.2) is 48.5 Å². The van der Waals surface area contributed by atoms with Crippen LogP contribution in [0.3, 0.4) is 0 Å². The number of hydrogen-bond donors (Lipinski definition) is 2. The molecule has 0 aliphatic carbocycles. The van der Waals surface area contributed by atoms with E-state index in [4.69, 9.17) is 4.74 Å². The largest absolute Gasteiger partial charge is 0.444 e. The Bertz CT molecular complexity index is 1150. The summed E-state index contributed by atoms with van der Waals surface area (Å²) in [5.41, 5.74) is -2.76. The number of rotatable bonds is 7. The summed E-state index contributed by atoms with van der Waals surface area (Å²) in [5.74, 6) is -2.10. The Hall–Kier alpha value is -3.40. The van der Waals surface area contributed by atoms with Gasteiger partial charge in [-0.05, 0) is 76.2 Å². The second kappa shape index (κ2) is 9.22. The van der Waals surface area contributed by atoms with Gasteiger partial charge in [0.05, 0.1) is 0 Å². The zero-order valence-electron chi connectivity index (χ0n) is 18.3. The van der Waals surface area contributed by atoms with Crippen molar-refractivity contribution >= 4 is 28.3 Å². The lowest BCUT2D eigenvalue weighted by atomic mass is 10.0. The van der Waals surface area contributed by atoms with Gasteiger partial charge in [0.2, 0.25) is 5.06 Å². The van der Waals surface area contributed by atoms with Gasteiger partial charge in [-0.25, -0.2) is 18.2 Å². The lowest BCUT2D eigenvalue weighted by Gasteiger charge is -2.27. The van der Waals surface area contributed by atoms with Crippen molar-refractivity contribution in [1.82, 2.24) is 10.3 Å². The van der Waals surface area contributed by atoms with Gasteiger partial charge in [-0.15, -0.1) is 0 Å². The van der Waals surface area contributed by atoms with Crippen molar-refractivity contribution in [3.05, 3.63) is 60.2 Å². The first-order valence-electron chi connectivity index (χ1n) is 9.88. The molecule has 3 rings (SSSR count). The van der Waals surface area contributed by atoms with Crippen molar-refractivity contribution in [1.29, 1.82) is 0 Å². The minimum atomic E-state index is -2.16. The number of aromatic nitrogens is 1. The molecule has 0 aliphatic heterocycles. The SMILES string of the molecule is CC(C)(F)C(=O)NC(C)(C)C(=O)Nc1nc(-c2ccc(F)cc2)c(Oc2ccc(F)cc2)s1. The summed E-state index contributed by atoms with van der Waals surface area (Å²) in [7, 11) is 0. The molecule has 33 heavy (non-hydrogen) atoms. The number of amides is 2. The highest BCUT2D eigenvalue weighted by Crippen LogP contribution is 2.40. The van der Waals surface area contributed by atoms with Gasteiger partial charge in [0, 0.05) is 5.56 Å². The number of carbonyl (C=O) groups excluding carboxylic acids is 2. The van der Waals surface area contributed by atoms with Crippen molar-refractivity contribution in [2.75, 3.05) is 5.32 Å². The Kier molecular flexibility index (Phi) is 6.78. The van der Waals surface area contributed by atoms with E-state index in [1.54, 1.807) is 0 Å². The van der Waals surface area contributed by atoms with Crippen LogP contribution < -0.4 is 15.4 Å². The first kappa shape index (κ1) is 24.2. The minimum Gasteiger partial charge on any atom is -0.444 e. The van der Waals surface area contributed by atoms with Gasteiger partial charge in [-0.1, -0.05) is 11.3 Å². The highest BCUT2D eigenvalue weighted by Gasteiger charge is 2.36. The molecule has 0 spiro atoms. The Balaban J connectivity index is 1.89. The fourth-order valence-corrected chi connectivity index (χ4v) is 3.43. The minimum absolute atomic E-state index is 0.137. The van der Waals surface area contributed by atoms with Gasteiger partial charge in [0.1, 0.15) is 28.6 Å². The van der Waals surface area contributed by atoms with Crippen LogP contribution >= 0.6 is 11.3 Å². The number of benzene rings is 2. The van der Waals surface area contributed by atoms with Crippen molar-refractivity contribution in [2.24, 2.45) is 0 Å². The highest BCUT2D eigenvalue weighted by atomic mass is 32.1. The third-order valence-corrected chi connectivity index (χ3v) is 5.34. The maximum absolute atomic E-state index is 13.9. The number of anilines is 1. The molecule has 0 unspecified atom stereocenters. The molecule has 0 saturated heterocycles. The summed E-state index contributed by atoms with van der Waals surface area (Å²) in [4.78, 5) is 29.1. The molecule has 2 N–H and O–H groups in total. The Labute approximate surface area is 192 Å². The van der Waals surface area contributed by atoms with Crippen molar-refractivity contribution in [3.63, 3.8) is 0 Å². The van der Waals surface area contributed by atoms with Crippen LogP contribution in [0.5, 0.6) is 10.8 Å². The Morgan fingerprint density at radius 2 is 1.45 bits per heavy atom. The number of hydrogen-bond acceptors (Lipinski definition) is 5. The van der Waals surface area contributed by atoms with E-state index in [2.05, 4.69) is 15.6 Å². The summed E-state index contributed by atoms with van der Waals surface area (Å²) in [5, 5.41) is 5.37. The molecule has 3 aromatic rings. The molecule has 0 saturated carbocycles. The first-order chi connectivity index (χ1) is 15.3. The highest BCUT2D eigenvalue weighted by molar-refractivity contribution is 7.18. The van der Waals surface area contributed by atoms with Crippen LogP contribution in [0.4, 0.5) is 18.3 Å². The fraction of sp³-hybridized carbons (Fsp3) is 0.261. The molecule has 174 valence electrons. The molecule has 6 nitrogen and oxygen atoms in total. The number of nitrogens with one attached hydrogen (secondary N) is 2. The van der Waals surface area contributed by atoms with Gasteiger partial charge < -0.3 is 10.1 Å². The van der Waals surface area contributed by atoms with Crippen molar-refractivity contribution < 1.29 is 27.5 Å². The number of carbonyl (C=O) groups is 2. The molecule has 2 amide bonds. The number of thiazole rings is 1. The van der Waals surface area contributed by atoms with Crippen molar-refractivity contribution in [3.8, 4) is 22.1 Å². The fourth-order valence-electron chi connectivity index (χ4n) is 2.57. The van der Waals surface area contributed by atoms with Gasteiger partial charge in [0.25, 0.3) is 11.8 Å². The van der Waals surface area contributed by atoms with Crippen LogP contribution in [0, 0.1) is 11.6 Å². The molecular formula is C23H22F3N3O3S. The second-order valence-electron chi connectivity index (χ2n) is 8.22. The second-order valence-corrected chi connectivity index (χ2v) is 9.19. The van der Waals surface area contributed by atoms with Crippen LogP contribution in [0.2, 0.25) is 0 Å². The number of ether oxygens (including phenoxy) is 1. The molecular weight excluding hydrogens is 455 g/mol. The lowest BCUT2D eigenvalue weighted by molar-refractivity contribution is -0.136. The summed E-state index contributed by atoms with van der Waals surface area (Å²) in [6.45, 7) is 5.03. The van der Waals surface area contributed by atoms with Crippen LogP contribution in [0.25, 0.3) is 11.3 Å². The molecule has 1 aromatic heterocycles.